The van der Waals surface area contributed by atoms with Crippen LogP contribution in [0.1, 0.15) is 30.3 Å². The fourth-order valence-corrected chi connectivity index (χ4v) is 3.40. The van der Waals surface area contributed by atoms with E-state index in [0.29, 0.717) is 48.2 Å². The zero-order valence-electron chi connectivity index (χ0n) is 16.1. The topological polar surface area (TPSA) is 77.7 Å². The molecule has 1 aromatic heterocycles. The summed E-state index contributed by atoms with van der Waals surface area (Å²) >= 11 is 0. The number of methoxy groups -OCH3 is 2. The number of hydrogen-bond donors (Lipinski definition) is 0. The van der Waals surface area contributed by atoms with E-state index in [0.717, 1.165) is 5.56 Å². The highest BCUT2D eigenvalue weighted by Gasteiger charge is 2.36. The molecule has 0 saturated carbocycles. The highest BCUT2D eigenvalue weighted by molar-refractivity contribution is 5.78. The molecule has 150 valence electrons. The van der Waals surface area contributed by atoms with E-state index in [1.54, 1.807) is 49.5 Å². The van der Waals surface area contributed by atoms with Crippen LogP contribution in [0.5, 0.6) is 11.5 Å². The smallest absolute Gasteiger partial charge is 0.249 e. The number of hydrogen-bond acceptors (Lipinski definition) is 6. The van der Waals surface area contributed by atoms with Gasteiger partial charge < -0.3 is 18.9 Å². The minimum Gasteiger partial charge on any atom is -0.497 e. The molecule has 1 atom stereocenters. The largest absolute Gasteiger partial charge is 0.497 e. The third kappa shape index (κ3) is 3.91. The summed E-state index contributed by atoms with van der Waals surface area (Å²) in [5, 5.41) is 4.08. The first-order valence-corrected chi connectivity index (χ1v) is 9.18. The van der Waals surface area contributed by atoms with Crippen molar-refractivity contribution in [1.82, 2.24) is 15.0 Å². The van der Waals surface area contributed by atoms with Gasteiger partial charge in [0, 0.05) is 24.6 Å². The molecule has 4 rings (SSSR count). The Labute approximate surface area is 167 Å². The van der Waals surface area contributed by atoms with Crippen molar-refractivity contribution < 1.29 is 23.2 Å². The van der Waals surface area contributed by atoms with Crippen LogP contribution in [-0.2, 0) is 11.3 Å². The second-order valence-corrected chi connectivity index (χ2v) is 6.76. The van der Waals surface area contributed by atoms with E-state index in [-0.39, 0.29) is 17.8 Å². The van der Waals surface area contributed by atoms with Gasteiger partial charge in [0.05, 0.1) is 14.2 Å². The van der Waals surface area contributed by atoms with E-state index in [4.69, 9.17) is 14.0 Å². The standard InChI is InChI=1S/C21H20FN3O4/c1-27-16-9-14(10-17(11-16)28-2)20-23-21(29-24-20)18-7-8-19(26)25(18)12-13-3-5-15(22)6-4-13/h3-6,9-11,18H,7-8,12H2,1-2H3. The molecule has 3 aromatic rings. The van der Waals surface area contributed by atoms with Gasteiger partial charge in [-0.3, -0.25) is 4.79 Å². The van der Waals surface area contributed by atoms with E-state index < -0.39 is 0 Å². The lowest BCUT2D eigenvalue weighted by Gasteiger charge is -2.22. The molecular weight excluding hydrogens is 377 g/mol. The Morgan fingerprint density at radius 2 is 1.83 bits per heavy atom. The zero-order valence-corrected chi connectivity index (χ0v) is 16.1. The van der Waals surface area contributed by atoms with Gasteiger partial charge in [0.15, 0.2) is 0 Å². The Kier molecular flexibility index (Phi) is 5.16. The van der Waals surface area contributed by atoms with Gasteiger partial charge in [-0.1, -0.05) is 17.3 Å². The molecule has 1 amide bonds. The fraction of sp³-hybridized carbons (Fsp3) is 0.286. The maximum atomic E-state index is 13.2. The van der Waals surface area contributed by atoms with E-state index >= 15 is 0 Å². The Morgan fingerprint density at radius 1 is 1.14 bits per heavy atom. The van der Waals surface area contributed by atoms with Crippen molar-refractivity contribution >= 4 is 5.91 Å². The van der Waals surface area contributed by atoms with Crippen LogP contribution >= 0.6 is 0 Å². The van der Waals surface area contributed by atoms with E-state index in [2.05, 4.69) is 10.1 Å². The molecule has 1 saturated heterocycles. The lowest BCUT2D eigenvalue weighted by Crippen LogP contribution is -2.27. The highest BCUT2D eigenvalue weighted by atomic mass is 19.1. The van der Waals surface area contributed by atoms with Gasteiger partial charge in [-0.2, -0.15) is 4.98 Å². The number of rotatable bonds is 6. The predicted molar refractivity (Wildman–Crippen MR) is 102 cm³/mol. The summed E-state index contributed by atoms with van der Waals surface area (Å²) in [5.41, 5.74) is 1.52. The average Bonchev–Trinajstić information content (AvgIpc) is 3.36. The van der Waals surface area contributed by atoms with Crippen LogP contribution in [0.2, 0.25) is 0 Å². The van der Waals surface area contributed by atoms with E-state index in [1.165, 1.54) is 12.1 Å². The molecule has 0 bridgehead atoms. The Bertz CT molecular complexity index is 997. The quantitative estimate of drug-likeness (QED) is 0.630. The van der Waals surface area contributed by atoms with Gasteiger partial charge >= 0.3 is 0 Å². The summed E-state index contributed by atoms with van der Waals surface area (Å²) in [7, 11) is 3.13. The molecule has 1 aliphatic heterocycles. The molecule has 0 aliphatic carbocycles. The Hall–Kier alpha value is -3.42. The van der Waals surface area contributed by atoms with Crippen molar-refractivity contribution in [2.24, 2.45) is 0 Å². The second-order valence-electron chi connectivity index (χ2n) is 6.76. The van der Waals surface area contributed by atoms with Gasteiger partial charge in [0.1, 0.15) is 23.4 Å². The molecule has 1 fully saturated rings. The van der Waals surface area contributed by atoms with Crippen molar-refractivity contribution in [3.05, 3.63) is 59.7 Å². The van der Waals surface area contributed by atoms with Crippen LogP contribution in [0.4, 0.5) is 4.39 Å². The van der Waals surface area contributed by atoms with Gasteiger partial charge in [0.2, 0.25) is 17.6 Å². The maximum Gasteiger partial charge on any atom is 0.249 e. The molecule has 29 heavy (non-hydrogen) atoms. The minimum absolute atomic E-state index is 0.00197. The lowest BCUT2D eigenvalue weighted by atomic mass is 10.1. The number of benzene rings is 2. The number of ether oxygens (including phenoxy) is 2. The van der Waals surface area contributed by atoms with Crippen molar-refractivity contribution in [3.8, 4) is 22.9 Å². The van der Waals surface area contributed by atoms with Crippen molar-refractivity contribution in [2.45, 2.75) is 25.4 Å². The molecular formula is C21H20FN3O4. The monoisotopic (exact) mass is 397 g/mol. The molecule has 0 radical (unpaired) electrons. The molecule has 0 N–H and O–H groups in total. The third-order valence-electron chi connectivity index (χ3n) is 4.93. The SMILES string of the molecule is COc1cc(OC)cc(-c2noc(C3CCC(=O)N3Cc3ccc(F)cc3)n2)c1. The molecule has 7 nitrogen and oxygen atoms in total. The summed E-state index contributed by atoms with van der Waals surface area (Å²) in [4.78, 5) is 18.6. The number of nitrogens with zero attached hydrogens (tertiary/aromatic N) is 3. The van der Waals surface area contributed by atoms with Crippen molar-refractivity contribution in [1.29, 1.82) is 0 Å². The fourth-order valence-electron chi connectivity index (χ4n) is 3.40. The lowest BCUT2D eigenvalue weighted by molar-refractivity contribution is -0.129. The summed E-state index contributed by atoms with van der Waals surface area (Å²) < 4.78 is 29.2. The summed E-state index contributed by atoms with van der Waals surface area (Å²) in [6.45, 7) is 0.356. The minimum atomic E-state index is -0.318. The molecule has 2 heterocycles. The van der Waals surface area contributed by atoms with Gasteiger partial charge in [-0.25, -0.2) is 4.39 Å². The molecule has 1 aliphatic rings. The predicted octanol–water partition coefficient (Wildman–Crippen LogP) is 3.76. The summed E-state index contributed by atoms with van der Waals surface area (Å²) in [5.74, 6) is 1.67. The highest BCUT2D eigenvalue weighted by Crippen LogP contribution is 2.35. The molecule has 8 heteroatoms. The van der Waals surface area contributed by atoms with Gasteiger partial charge in [-0.05, 0) is 36.2 Å². The van der Waals surface area contributed by atoms with Crippen LogP contribution in [0.15, 0.2) is 47.0 Å². The van der Waals surface area contributed by atoms with Gasteiger partial charge in [0.25, 0.3) is 0 Å². The summed E-state index contributed by atoms with van der Waals surface area (Å²) in [6.07, 6.45) is 0.986. The number of likely N-dealkylation sites (tertiary alicyclic amines) is 1. The first kappa shape index (κ1) is 18.9. The zero-order chi connectivity index (χ0) is 20.4. The Morgan fingerprint density at radius 3 is 2.48 bits per heavy atom. The van der Waals surface area contributed by atoms with Crippen LogP contribution < -0.4 is 9.47 Å². The second kappa shape index (κ2) is 7.90. The number of amides is 1. The average molecular weight is 397 g/mol. The number of carbonyl (C=O) groups is 1. The van der Waals surface area contributed by atoms with E-state index in [9.17, 15) is 9.18 Å². The van der Waals surface area contributed by atoms with Crippen molar-refractivity contribution in [3.63, 3.8) is 0 Å². The molecule has 0 spiro atoms. The molecule has 2 aromatic carbocycles. The van der Waals surface area contributed by atoms with Crippen LogP contribution in [0, 0.1) is 5.82 Å². The summed E-state index contributed by atoms with van der Waals surface area (Å²) in [6, 6.07) is 11.1. The first-order valence-electron chi connectivity index (χ1n) is 9.18. The number of carbonyl (C=O) groups excluding carboxylic acids is 1. The molecule has 1 unspecified atom stereocenters. The van der Waals surface area contributed by atoms with Crippen LogP contribution in [-0.4, -0.2) is 35.2 Å². The number of halogens is 1. The first-order chi connectivity index (χ1) is 14.1. The van der Waals surface area contributed by atoms with Crippen LogP contribution in [0.25, 0.3) is 11.4 Å². The third-order valence-corrected chi connectivity index (χ3v) is 4.93. The van der Waals surface area contributed by atoms with E-state index in [1.807, 2.05) is 0 Å². The van der Waals surface area contributed by atoms with Gasteiger partial charge in [-0.15, -0.1) is 0 Å². The normalized spacial score (nSPS) is 16.3. The maximum absolute atomic E-state index is 13.2. The Balaban J connectivity index is 1.59. The number of aromatic nitrogens is 2. The van der Waals surface area contributed by atoms with Crippen LogP contribution in [0.3, 0.4) is 0 Å². The van der Waals surface area contributed by atoms with Crippen molar-refractivity contribution in [2.75, 3.05) is 14.2 Å².